The van der Waals surface area contributed by atoms with Gasteiger partial charge in [0.1, 0.15) is 12.2 Å². The van der Waals surface area contributed by atoms with Gasteiger partial charge in [0.2, 0.25) is 0 Å². The van der Waals surface area contributed by atoms with Crippen LogP contribution in [-0.2, 0) is 16.1 Å². The van der Waals surface area contributed by atoms with Gasteiger partial charge in [-0.1, -0.05) is 30.3 Å². The summed E-state index contributed by atoms with van der Waals surface area (Å²) in [5.74, 6) is 0. The highest BCUT2D eigenvalue weighted by Gasteiger charge is 2.26. The van der Waals surface area contributed by atoms with E-state index in [0.29, 0.717) is 32.2 Å². The molecule has 0 bridgehead atoms. The Hall–Kier alpha value is -2.28. The largest absolute Gasteiger partial charge is 0.445 e. The maximum Gasteiger partial charge on any atom is 0.410 e. The summed E-state index contributed by atoms with van der Waals surface area (Å²) in [5.41, 5.74) is 0.495. The second-order valence-electron chi connectivity index (χ2n) is 7.68. The summed E-state index contributed by atoms with van der Waals surface area (Å²) in [4.78, 5) is 25.5. The molecule has 0 atom stereocenters. The van der Waals surface area contributed by atoms with Crippen LogP contribution in [0.25, 0.3) is 0 Å². The van der Waals surface area contributed by atoms with Crippen molar-refractivity contribution in [2.45, 2.75) is 51.9 Å². The number of ether oxygens (including phenoxy) is 2. The van der Waals surface area contributed by atoms with Crippen LogP contribution in [0, 0.1) is 0 Å². The van der Waals surface area contributed by atoms with Crippen LogP contribution >= 0.6 is 0 Å². The quantitative estimate of drug-likeness (QED) is 0.745. The lowest BCUT2D eigenvalue weighted by Gasteiger charge is -2.33. The van der Waals surface area contributed by atoms with E-state index in [1.54, 1.807) is 4.90 Å². The van der Waals surface area contributed by atoms with Crippen molar-refractivity contribution in [3.05, 3.63) is 35.9 Å². The van der Waals surface area contributed by atoms with Crippen LogP contribution in [0.2, 0.25) is 0 Å². The molecule has 150 valence electrons. The molecule has 1 aliphatic rings. The van der Waals surface area contributed by atoms with Crippen molar-refractivity contribution in [1.82, 2.24) is 15.5 Å². The highest BCUT2D eigenvalue weighted by Crippen LogP contribution is 2.15. The van der Waals surface area contributed by atoms with Gasteiger partial charge in [0.15, 0.2) is 0 Å². The van der Waals surface area contributed by atoms with E-state index in [4.69, 9.17) is 9.47 Å². The zero-order valence-corrected chi connectivity index (χ0v) is 16.5. The van der Waals surface area contributed by atoms with Crippen molar-refractivity contribution >= 4 is 12.2 Å². The van der Waals surface area contributed by atoms with Crippen LogP contribution in [0.1, 0.15) is 39.2 Å². The average Bonchev–Trinajstić information content (AvgIpc) is 2.63. The van der Waals surface area contributed by atoms with Gasteiger partial charge in [0.05, 0.1) is 0 Å². The number of carbonyl (C=O) groups is 2. The Morgan fingerprint density at radius 1 is 1.11 bits per heavy atom. The topological polar surface area (TPSA) is 79.9 Å². The zero-order chi connectivity index (χ0) is 19.7. The van der Waals surface area contributed by atoms with Crippen molar-refractivity contribution in [2.75, 3.05) is 26.2 Å². The first kappa shape index (κ1) is 21.0. The number of nitrogens with one attached hydrogen (secondary N) is 2. The molecule has 27 heavy (non-hydrogen) atoms. The first-order valence-electron chi connectivity index (χ1n) is 9.49. The second-order valence-corrected chi connectivity index (χ2v) is 7.68. The molecule has 1 aromatic carbocycles. The molecular formula is C20H31N3O4. The lowest BCUT2D eigenvalue weighted by Crippen LogP contribution is -2.47. The predicted octanol–water partition coefficient (Wildman–Crippen LogP) is 2.90. The Morgan fingerprint density at radius 3 is 2.41 bits per heavy atom. The summed E-state index contributed by atoms with van der Waals surface area (Å²) in [6, 6.07) is 9.92. The number of hydrogen-bond acceptors (Lipinski definition) is 5. The van der Waals surface area contributed by atoms with Gasteiger partial charge in [-0.2, -0.15) is 0 Å². The molecule has 0 saturated carbocycles. The molecule has 1 fully saturated rings. The molecule has 1 aliphatic heterocycles. The monoisotopic (exact) mass is 377 g/mol. The Morgan fingerprint density at radius 2 is 1.78 bits per heavy atom. The summed E-state index contributed by atoms with van der Waals surface area (Å²) >= 11 is 0. The summed E-state index contributed by atoms with van der Waals surface area (Å²) in [5, 5.41) is 6.15. The Kier molecular flexibility index (Phi) is 7.91. The van der Waals surface area contributed by atoms with Gasteiger partial charge in [-0.15, -0.1) is 0 Å². The smallest absolute Gasteiger partial charge is 0.410 e. The van der Waals surface area contributed by atoms with E-state index in [1.807, 2.05) is 51.1 Å². The van der Waals surface area contributed by atoms with Gasteiger partial charge in [-0.05, 0) is 39.2 Å². The van der Waals surface area contributed by atoms with Crippen LogP contribution in [0.3, 0.4) is 0 Å². The molecule has 1 heterocycles. The lowest BCUT2D eigenvalue weighted by molar-refractivity contribution is 0.0198. The highest BCUT2D eigenvalue weighted by atomic mass is 16.6. The first-order chi connectivity index (χ1) is 12.8. The van der Waals surface area contributed by atoms with Gasteiger partial charge in [-0.25, -0.2) is 9.59 Å². The summed E-state index contributed by atoms with van der Waals surface area (Å²) < 4.78 is 10.6. The number of nitrogens with zero attached hydrogens (tertiary/aromatic N) is 1. The fourth-order valence-corrected chi connectivity index (χ4v) is 2.81. The van der Waals surface area contributed by atoms with Crippen molar-refractivity contribution in [3.63, 3.8) is 0 Å². The van der Waals surface area contributed by atoms with E-state index >= 15 is 0 Å². The van der Waals surface area contributed by atoms with Crippen LogP contribution in [0.15, 0.2) is 30.3 Å². The van der Waals surface area contributed by atoms with Gasteiger partial charge < -0.3 is 25.0 Å². The lowest BCUT2D eigenvalue weighted by atomic mass is 10.1. The van der Waals surface area contributed by atoms with Gasteiger partial charge in [-0.3, -0.25) is 0 Å². The van der Waals surface area contributed by atoms with Crippen LogP contribution in [-0.4, -0.2) is 54.9 Å². The SMILES string of the molecule is CC(C)(C)OC(=O)N1CCC(NCCNC(=O)OCc2ccccc2)CC1. The number of carbonyl (C=O) groups excluding carboxylic acids is 2. The number of hydrogen-bond donors (Lipinski definition) is 2. The maximum atomic E-state index is 12.0. The molecule has 0 radical (unpaired) electrons. The summed E-state index contributed by atoms with van der Waals surface area (Å²) in [6.45, 7) is 8.41. The van der Waals surface area contributed by atoms with E-state index in [1.165, 1.54) is 0 Å². The van der Waals surface area contributed by atoms with Crippen molar-refractivity contribution in [1.29, 1.82) is 0 Å². The Labute approximate surface area is 161 Å². The van der Waals surface area contributed by atoms with Crippen LogP contribution < -0.4 is 10.6 Å². The van der Waals surface area contributed by atoms with E-state index in [2.05, 4.69) is 10.6 Å². The molecule has 7 heteroatoms. The third kappa shape index (κ3) is 8.30. The minimum atomic E-state index is -0.465. The van der Waals surface area contributed by atoms with E-state index in [0.717, 1.165) is 18.4 Å². The number of piperidine rings is 1. The standard InChI is InChI=1S/C20H31N3O4/c1-20(2,3)27-19(25)23-13-9-17(10-14-23)21-11-12-22-18(24)26-15-16-7-5-4-6-8-16/h4-8,17,21H,9-15H2,1-3H3,(H,22,24). The molecule has 2 amide bonds. The molecule has 0 unspecified atom stereocenters. The molecular weight excluding hydrogens is 346 g/mol. The Balaban J connectivity index is 1.54. The third-order valence-corrected chi connectivity index (χ3v) is 4.19. The van der Waals surface area contributed by atoms with Crippen molar-refractivity contribution in [3.8, 4) is 0 Å². The van der Waals surface area contributed by atoms with Crippen LogP contribution in [0.4, 0.5) is 9.59 Å². The fourth-order valence-electron chi connectivity index (χ4n) is 2.81. The Bertz CT molecular complexity index is 593. The molecule has 2 rings (SSSR count). The molecule has 7 nitrogen and oxygen atoms in total. The third-order valence-electron chi connectivity index (χ3n) is 4.19. The minimum Gasteiger partial charge on any atom is -0.445 e. The number of amides is 2. The molecule has 0 aliphatic carbocycles. The average molecular weight is 377 g/mol. The molecule has 1 aromatic rings. The highest BCUT2D eigenvalue weighted by molar-refractivity contribution is 5.68. The first-order valence-corrected chi connectivity index (χ1v) is 9.49. The van der Waals surface area contributed by atoms with Gasteiger partial charge >= 0.3 is 12.2 Å². The molecule has 1 saturated heterocycles. The molecule has 0 spiro atoms. The van der Waals surface area contributed by atoms with Gasteiger partial charge in [0, 0.05) is 32.2 Å². The predicted molar refractivity (Wildman–Crippen MR) is 103 cm³/mol. The van der Waals surface area contributed by atoms with E-state index < -0.39 is 11.7 Å². The molecule has 2 N–H and O–H groups in total. The van der Waals surface area contributed by atoms with E-state index in [9.17, 15) is 9.59 Å². The zero-order valence-electron chi connectivity index (χ0n) is 16.5. The summed E-state index contributed by atoms with van der Waals surface area (Å²) in [7, 11) is 0. The minimum absolute atomic E-state index is 0.247. The normalized spacial score (nSPS) is 15.3. The fraction of sp³-hybridized carbons (Fsp3) is 0.600. The molecule has 0 aromatic heterocycles. The summed E-state index contributed by atoms with van der Waals surface area (Å²) in [6.07, 6.45) is 1.08. The van der Waals surface area contributed by atoms with Crippen molar-refractivity contribution < 1.29 is 19.1 Å². The van der Waals surface area contributed by atoms with Gasteiger partial charge in [0.25, 0.3) is 0 Å². The number of benzene rings is 1. The van der Waals surface area contributed by atoms with E-state index in [-0.39, 0.29) is 12.7 Å². The number of rotatable bonds is 6. The maximum absolute atomic E-state index is 12.0. The second kappa shape index (κ2) is 10.2. The van der Waals surface area contributed by atoms with Crippen molar-refractivity contribution in [2.24, 2.45) is 0 Å². The van der Waals surface area contributed by atoms with Crippen LogP contribution in [0.5, 0.6) is 0 Å². The number of alkyl carbamates (subject to hydrolysis) is 1. The number of likely N-dealkylation sites (tertiary alicyclic amines) is 1.